The first-order chi connectivity index (χ1) is 7.36. The van der Waals surface area contributed by atoms with Gasteiger partial charge in [-0.3, -0.25) is 4.90 Å². The third kappa shape index (κ3) is 1.95. The van der Waals surface area contributed by atoms with Gasteiger partial charge in [0.05, 0.1) is 0 Å². The number of piperazine rings is 1. The fraction of sp³-hybridized carbons (Fsp3) is 0.500. The number of hydrogen-bond acceptors (Lipinski definition) is 2. The van der Waals surface area contributed by atoms with Crippen LogP contribution in [0.25, 0.3) is 0 Å². The van der Waals surface area contributed by atoms with Gasteiger partial charge >= 0.3 is 0 Å². The first-order valence-electron chi connectivity index (χ1n) is 5.58. The topological polar surface area (TPSA) is 15.3 Å². The SMILES string of the molecule is Cl.Clc1cccc2c1CCN1CCNCC21. The van der Waals surface area contributed by atoms with Gasteiger partial charge in [0.1, 0.15) is 0 Å². The van der Waals surface area contributed by atoms with Gasteiger partial charge in [-0.1, -0.05) is 23.7 Å². The molecule has 0 bridgehead atoms. The van der Waals surface area contributed by atoms with E-state index in [2.05, 4.69) is 22.3 Å². The summed E-state index contributed by atoms with van der Waals surface area (Å²) >= 11 is 6.23. The maximum atomic E-state index is 6.23. The molecule has 2 aliphatic heterocycles. The monoisotopic (exact) mass is 258 g/mol. The Morgan fingerprint density at radius 3 is 3.06 bits per heavy atom. The van der Waals surface area contributed by atoms with Crippen LogP contribution in [0.5, 0.6) is 0 Å². The van der Waals surface area contributed by atoms with E-state index in [0.717, 1.165) is 37.6 Å². The van der Waals surface area contributed by atoms with E-state index in [1.165, 1.54) is 11.1 Å². The normalized spacial score (nSPS) is 24.2. The molecule has 0 amide bonds. The molecule has 1 N–H and O–H groups in total. The smallest absolute Gasteiger partial charge is 0.0476 e. The van der Waals surface area contributed by atoms with Crippen LogP contribution in [-0.2, 0) is 6.42 Å². The molecule has 2 aliphatic rings. The van der Waals surface area contributed by atoms with Crippen molar-refractivity contribution >= 4 is 24.0 Å². The molecule has 1 fully saturated rings. The summed E-state index contributed by atoms with van der Waals surface area (Å²) in [5, 5.41) is 4.40. The van der Waals surface area contributed by atoms with Crippen molar-refractivity contribution in [1.29, 1.82) is 0 Å². The maximum absolute atomic E-state index is 6.23. The van der Waals surface area contributed by atoms with E-state index < -0.39 is 0 Å². The lowest BCUT2D eigenvalue weighted by atomic mass is 9.91. The highest BCUT2D eigenvalue weighted by molar-refractivity contribution is 6.31. The fourth-order valence-electron chi connectivity index (χ4n) is 2.73. The van der Waals surface area contributed by atoms with Crippen molar-refractivity contribution in [2.75, 3.05) is 26.2 Å². The molecule has 1 atom stereocenters. The van der Waals surface area contributed by atoms with E-state index in [0.29, 0.717) is 6.04 Å². The predicted octanol–water partition coefficient (Wildman–Crippen LogP) is 2.26. The molecular weight excluding hydrogens is 243 g/mol. The Balaban J connectivity index is 0.000000963. The van der Waals surface area contributed by atoms with Gasteiger partial charge in [0.25, 0.3) is 0 Å². The molecule has 2 heterocycles. The summed E-state index contributed by atoms with van der Waals surface area (Å²) in [5.74, 6) is 0. The summed E-state index contributed by atoms with van der Waals surface area (Å²) in [7, 11) is 0. The molecule has 88 valence electrons. The molecule has 0 aliphatic carbocycles. The Morgan fingerprint density at radius 2 is 2.19 bits per heavy atom. The van der Waals surface area contributed by atoms with E-state index in [9.17, 15) is 0 Å². The van der Waals surface area contributed by atoms with Crippen LogP contribution >= 0.6 is 24.0 Å². The minimum atomic E-state index is 0. The lowest BCUT2D eigenvalue weighted by Crippen LogP contribution is -2.48. The minimum Gasteiger partial charge on any atom is -0.314 e. The van der Waals surface area contributed by atoms with Crippen LogP contribution in [0.4, 0.5) is 0 Å². The Labute approximate surface area is 107 Å². The average Bonchev–Trinajstić information content (AvgIpc) is 2.29. The van der Waals surface area contributed by atoms with Crippen LogP contribution in [0.3, 0.4) is 0 Å². The van der Waals surface area contributed by atoms with Crippen molar-refractivity contribution in [2.45, 2.75) is 12.5 Å². The van der Waals surface area contributed by atoms with Gasteiger partial charge in [0.15, 0.2) is 0 Å². The molecule has 0 saturated carbocycles. The van der Waals surface area contributed by atoms with Gasteiger partial charge < -0.3 is 5.32 Å². The zero-order valence-corrected chi connectivity index (χ0v) is 10.7. The first kappa shape index (κ1) is 12.2. The molecule has 1 aromatic rings. The van der Waals surface area contributed by atoms with Crippen molar-refractivity contribution in [1.82, 2.24) is 10.2 Å². The van der Waals surface area contributed by atoms with Gasteiger partial charge in [-0.15, -0.1) is 12.4 Å². The highest BCUT2D eigenvalue weighted by Crippen LogP contribution is 2.33. The van der Waals surface area contributed by atoms with E-state index in [-0.39, 0.29) is 12.4 Å². The Bertz CT molecular complexity index is 381. The highest BCUT2D eigenvalue weighted by atomic mass is 35.5. The van der Waals surface area contributed by atoms with Crippen molar-refractivity contribution in [3.8, 4) is 0 Å². The summed E-state index contributed by atoms with van der Waals surface area (Å²) in [6.45, 7) is 4.50. The number of halogens is 2. The molecule has 1 unspecified atom stereocenters. The number of benzene rings is 1. The fourth-order valence-corrected chi connectivity index (χ4v) is 3.00. The molecule has 4 heteroatoms. The molecule has 0 spiro atoms. The summed E-state index contributed by atoms with van der Waals surface area (Å²) in [4.78, 5) is 2.56. The number of nitrogens with one attached hydrogen (secondary N) is 1. The summed E-state index contributed by atoms with van der Waals surface area (Å²) in [5.41, 5.74) is 2.80. The standard InChI is InChI=1S/C12H15ClN2.ClH/c13-11-3-1-2-10-9(11)4-6-15-7-5-14-8-12(10)15;/h1-3,12,14H,4-8H2;1H. The number of rotatable bonds is 0. The van der Waals surface area contributed by atoms with Crippen LogP contribution < -0.4 is 5.32 Å². The average molecular weight is 259 g/mol. The van der Waals surface area contributed by atoms with Crippen LogP contribution in [0.15, 0.2) is 18.2 Å². The van der Waals surface area contributed by atoms with Crippen LogP contribution in [0.2, 0.25) is 5.02 Å². The second-order valence-electron chi connectivity index (χ2n) is 4.31. The molecule has 0 aromatic heterocycles. The van der Waals surface area contributed by atoms with Gasteiger partial charge in [-0.2, -0.15) is 0 Å². The van der Waals surface area contributed by atoms with Gasteiger partial charge in [0, 0.05) is 37.2 Å². The lowest BCUT2D eigenvalue weighted by Gasteiger charge is -2.41. The van der Waals surface area contributed by atoms with Crippen LogP contribution in [0.1, 0.15) is 17.2 Å². The van der Waals surface area contributed by atoms with Crippen molar-refractivity contribution in [3.63, 3.8) is 0 Å². The van der Waals surface area contributed by atoms with E-state index in [1.54, 1.807) is 0 Å². The predicted molar refractivity (Wildman–Crippen MR) is 69.6 cm³/mol. The van der Waals surface area contributed by atoms with Crippen LogP contribution in [0, 0.1) is 0 Å². The molecule has 3 rings (SSSR count). The third-order valence-electron chi connectivity index (χ3n) is 3.52. The summed E-state index contributed by atoms with van der Waals surface area (Å²) in [6, 6.07) is 6.84. The second kappa shape index (κ2) is 4.92. The lowest BCUT2D eigenvalue weighted by molar-refractivity contribution is 0.152. The summed E-state index contributed by atoms with van der Waals surface area (Å²) < 4.78 is 0. The zero-order chi connectivity index (χ0) is 10.3. The largest absolute Gasteiger partial charge is 0.314 e. The van der Waals surface area contributed by atoms with Gasteiger partial charge in [-0.05, 0) is 23.6 Å². The zero-order valence-electron chi connectivity index (χ0n) is 9.08. The number of fused-ring (bicyclic) bond motifs is 3. The molecular formula is C12H16Cl2N2. The Hall–Kier alpha value is -0.280. The van der Waals surface area contributed by atoms with Crippen molar-refractivity contribution < 1.29 is 0 Å². The Kier molecular flexibility index (Phi) is 3.75. The number of nitrogens with zero attached hydrogens (tertiary/aromatic N) is 1. The Morgan fingerprint density at radius 1 is 1.31 bits per heavy atom. The molecule has 1 aromatic carbocycles. The van der Waals surface area contributed by atoms with E-state index in [4.69, 9.17) is 11.6 Å². The van der Waals surface area contributed by atoms with Crippen LogP contribution in [-0.4, -0.2) is 31.1 Å². The third-order valence-corrected chi connectivity index (χ3v) is 3.87. The van der Waals surface area contributed by atoms with Gasteiger partial charge in [0.2, 0.25) is 0 Å². The maximum Gasteiger partial charge on any atom is 0.0476 e. The number of hydrogen-bond donors (Lipinski definition) is 1. The van der Waals surface area contributed by atoms with Crippen molar-refractivity contribution in [2.24, 2.45) is 0 Å². The molecule has 0 radical (unpaired) electrons. The summed E-state index contributed by atoms with van der Waals surface area (Å²) in [6.07, 6.45) is 1.10. The molecule has 16 heavy (non-hydrogen) atoms. The second-order valence-corrected chi connectivity index (χ2v) is 4.72. The van der Waals surface area contributed by atoms with E-state index in [1.807, 2.05) is 6.07 Å². The molecule has 2 nitrogen and oxygen atoms in total. The first-order valence-corrected chi connectivity index (χ1v) is 5.96. The molecule has 1 saturated heterocycles. The highest BCUT2D eigenvalue weighted by Gasteiger charge is 2.29. The minimum absolute atomic E-state index is 0. The van der Waals surface area contributed by atoms with Gasteiger partial charge in [-0.25, -0.2) is 0 Å². The van der Waals surface area contributed by atoms with E-state index >= 15 is 0 Å². The quantitative estimate of drug-likeness (QED) is 0.768. The van der Waals surface area contributed by atoms with Crippen molar-refractivity contribution in [3.05, 3.63) is 34.3 Å².